The molecule has 94 valence electrons. The van der Waals surface area contributed by atoms with Gasteiger partial charge in [0.2, 0.25) is 0 Å². The van der Waals surface area contributed by atoms with Gasteiger partial charge in [-0.2, -0.15) is 0 Å². The van der Waals surface area contributed by atoms with Crippen LogP contribution in [0, 0.1) is 5.41 Å². The van der Waals surface area contributed by atoms with Crippen molar-refractivity contribution in [2.75, 3.05) is 11.9 Å². The number of nitrogen functional groups attached to an aromatic ring is 1. The highest BCUT2D eigenvalue weighted by Crippen LogP contribution is 2.30. The molecule has 1 atom stereocenters. The highest BCUT2D eigenvalue weighted by molar-refractivity contribution is 7.10. The molecule has 2 aromatic rings. The summed E-state index contributed by atoms with van der Waals surface area (Å²) in [5.41, 5.74) is 7.40. The summed E-state index contributed by atoms with van der Waals surface area (Å²) >= 11 is 1.74. The lowest BCUT2D eigenvalue weighted by atomic mass is 10.1. The number of thiophene rings is 1. The van der Waals surface area contributed by atoms with Crippen LogP contribution in [0.5, 0.6) is 0 Å². The molecule has 0 saturated carbocycles. The van der Waals surface area contributed by atoms with Crippen LogP contribution in [-0.2, 0) is 0 Å². The van der Waals surface area contributed by atoms with E-state index in [0.717, 1.165) is 11.3 Å². The van der Waals surface area contributed by atoms with E-state index in [1.807, 2.05) is 31.3 Å². The second-order valence-corrected chi connectivity index (χ2v) is 5.21. The maximum absolute atomic E-state index is 7.64. The molecule has 0 aliphatic rings. The van der Waals surface area contributed by atoms with Crippen molar-refractivity contribution in [3.05, 3.63) is 52.2 Å². The molecule has 0 aliphatic heterocycles. The maximum Gasteiger partial charge on any atom is 0.124 e. The first-order valence-electron chi connectivity index (χ1n) is 5.81. The second-order valence-electron chi connectivity index (χ2n) is 4.23. The van der Waals surface area contributed by atoms with Gasteiger partial charge >= 0.3 is 0 Å². The van der Waals surface area contributed by atoms with Gasteiger partial charge in [0, 0.05) is 23.2 Å². The fourth-order valence-corrected chi connectivity index (χ4v) is 2.76. The van der Waals surface area contributed by atoms with E-state index >= 15 is 0 Å². The summed E-state index contributed by atoms with van der Waals surface area (Å²) in [6, 6.07) is 12.2. The van der Waals surface area contributed by atoms with Crippen LogP contribution < -0.4 is 10.6 Å². The number of nitrogens with one attached hydrogen (secondary N) is 1. The Bertz CT molecular complexity index is 534. The van der Waals surface area contributed by atoms with Crippen molar-refractivity contribution >= 4 is 22.9 Å². The monoisotopic (exact) mass is 259 g/mol. The first-order chi connectivity index (χ1) is 8.61. The lowest BCUT2D eigenvalue weighted by Crippen LogP contribution is -2.24. The van der Waals surface area contributed by atoms with Crippen molar-refractivity contribution in [3.63, 3.8) is 0 Å². The molecule has 18 heavy (non-hydrogen) atoms. The zero-order chi connectivity index (χ0) is 13.1. The Balaban J connectivity index is 2.34. The van der Waals surface area contributed by atoms with E-state index in [1.165, 1.54) is 4.88 Å². The van der Waals surface area contributed by atoms with Gasteiger partial charge in [0.05, 0.1) is 6.04 Å². The number of anilines is 1. The summed E-state index contributed by atoms with van der Waals surface area (Å²) in [6.45, 7) is 2.16. The van der Waals surface area contributed by atoms with Gasteiger partial charge in [-0.25, -0.2) is 0 Å². The first-order valence-corrected chi connectivity index (χ1v) is 6.69. The van der Waals surface area contributed by atoms with E-state index in [2.05, 4.69) is 29.3 Å². The molecule has 4 heteroatoms. The number of nitrogens with two attached hydrogens (primary N) is 1. The van der Waals surface area contributed by atoms with Crippen LogP contribution in [0.4, 0.5) is 5.69 Å². The largest absolute Gasteiger partial charge is 0.384 e. The summed E-state index contributed by atoms with van der Waals surface area (Å²) in [4.78, 5) is 3.46. The van der Waals surface area contributed by atoms with Gasteiger partial charge in [-0.1, -0.05) is 18.2 Å². The molecule has 0 aliphatic carbocycles. The molecular weight excluding hydrogens is 242 g/mol. The van der Waals surface area contributed by atoms with Gasteiger partial charge in [-0.3, -0.25) is 5.41 Å². The third kappa shape index (κ3) is 2.38. The van der Waals surface area contributed by atoms with E-state index in [-0.39, 0.29) is 11.9 Å². The molecular formula is C14H17N3S. The normalized spacial score (nSPS) is 12.1. The Morgan fingerprint density at radius 1 is 1.28 bits per heavy atom. The van der Waals surface area contributed by atoms with Gasteiger partial charge in [0.25, 0.3) is 0 Å². The van der Waals surface area contributed by atoms with Gasteiger partial charge in [0.1, 0.15) is 5.84 Å². The number of amidine groups is 1. The van der Waals surface area contributed by atoms with Crippen LogP contribution in [-0.4, -0.2) is 12.9 Å². The molecule has 0 saturated heterocycles. The highest BCUT2D eigenvalue weighted by atomic mass is 32.1. The molecule has 1 aromatic carbocycles. The predicted molar refractivity (Wildman–Crippen MR) is 78.6 cm³/mol. The summed E-state index contributed by atoms with van der Waals surface area (Å²) in [7, 11) is 2.03. The Kier molecular flexibility index (Phi) is 3.67. The SMILES string of the molecule is CC(c1cccs1)N(C)c1ccccc1C(=N)N. The Labute approximate surface area is 111 Å². The molecule has 0 fully saturated rings. The highest BCUT2D eigenvalue weighted by Gasteiger charge is 2.16. The van der Waals surface area contributed by atoms with Crippen molar-refractivity contribution < 1.29 is 0 Å². The van der Waals surface area contributed by atoms with Crippen molar-refractivity contribution in [2.45, 2.75) is 13.0 Å². The summed E-state index contributed by atoms with van der Waals surface area (Å²) in [5.74, 6) is 0.107. The van der Waals surface area contributed by atoms with Gasteiger partial charge in [-0.05, 0) is 30.5 Å². The zero-order valence-corrected chi connectivity index (χ0v) is 11.4. The molecule has 0 bridgehead atoms. The number of hydrogen-bond donors (Lipinski definition) is 2. The fourth-order valence-electron chi connectivity index (χ4n) is 1.94. The average molecular weight is 259 g/mol. The molecule has 0 radical (unpaired) electrons. The number of nitrogens with zero attached hydrogens (tertiary/aromatic N) is 1. The molecule has 3 nitrogen and oxygen atoms in total. The first kappa shape index (κ1) is 12.6. The van der Waals surface area contributed by atoms with E-state index in [1.54, 1.807) is 11.3 Å². The Hall–Kier alpha value is -1.81. The molecule has 0 amide bonds. The van der Waals surface area contributed by atoms with Crippen LogP contribution >= 0.6 is 11.3 Å². The van der Waals surface area contributed by atoms with Crippen LogP contribution in [0.25, 0.3) is 0 Å². The smallest absolute Gasteiger partial charge is 0.124 e. The van der Waals surface area contributed by atoms with Crippen molar-refractivity contribution in [1.82, 2.24) is 0 Å². The minimum Gasteiger partial charge on any atom is -0.384 e. The number of rotatable bonds is 4. The average Bonchev–Trinajstić information content (AvgIpc) is 2.90. The standard InChI is InChI=1S/C14H17N3S/c1-10(13-8-5-9-18-13)17(2)12-7-4-3-6-11(12)14(15)16/h3-10H,1-2H3,(H3,15,16). The third-order valence-corrected chi connectivity index (χ3v) is 4.15. The molecule has 0 spiro atoms. The Morgan fingerprint density at radius 3 is 2.61 bits per heavy atom. The minimum atomic E-state index is 0.107. The molecule has 1 unspecified atom stereocenters. The lowest BCUT2D eigenvalue weighted by molar-refractivity contribution is 0.753. The summed E-state index contributed by atoms with van der Waals surface area (Å²) in [5, 5.41) is 9.72. The van der Waals surface area contributed by atoms with Gasteiger partial charge in [0.15, 0.2) is 0 Å². The van der Waals surface area contributed by atoms with E-state index in [9.17, 15) is 0 Å². The summed E-state index contributed by atoms with van der Waals surface area (Å²) < 4.78 is 0. The van der Waals surface area contributed by atoms with Gasteiger partial charge in [-0.15, -0.1) is 11.3 Å². The molecule has 1 aromatic heterocycles. The predicted octanol–water partition coefficient (Wildman–Crippen LogP) is 3.23. The van der Waals surface area contributed by atoms with Crippen LogP contribution in [0.2, 0.25) is 0 Å². The van der Waals surface area contributed by atoms with E-state index in [4.69, 9.17) is 11.1 Å². The third-order valence-electron chi connectivity index (χ3n) is 3.11. The second kappa shape index (κ2) is 5.23. The van der Waals surface area contributed by atoms with E-state index in [0.29, 0.717) is 0 Å². The number of hydrogen-bond acceptors (Lipinski definition) is 3. The lowest BCUT2D eigenvalue weighted by Gasteiger charge is -2.28. The number of para-hydroxylation sites is 1. The van der Waals surface area contributed by atoms with Crippen molar-refractivity contribution in [3.8, 4) is 0 Å². The van der Waals surface area contributed by atoms with Crippen molar-refractivity contribution in [1.29, 1.82) is 5.41 Å². The Morgan fingerprint density at radius 2 is 2.00 bits per heavy atom. The van der Waals surface area contributed by atoms with Crippen LogP contribution in [0.1, 0.15) is 23.4 Å². The van der Waals surface area contributed by atoms with Crippen molar-refractivity contribution in [2.24, 2.45) is 5.73 Å². The minimum absolute atomic E-state index is 0.107. The quantitative estimate of drug-likeness (QED) is 0.654. The topological polar surface area (TPSA) is 53.1 Å². The van der Waals surface area contributed by atoms with Crippen LogP contribution in [0.3, 0.4) is 0 Å². The maximum atomic E-state index is 7.64. The summed E-state index contributed by atoms with van der Waals surface area (Å²) in [6.07, 6.45) is 0. The molecule has 3 N–H and O–H groups in total. The molecule has 1 heterocycles. The van der Waals surface area contributed by atoms with E-state index < -0.39 is 0 Å². The van der Waals surface area contributed by atoms with Crippen LogP contribution in [0.15, 0.2) is 41.8 Å². The van der Waals surface area contributed by atoms with Gasteiger partial charge < -0.3 is 10.6 Å². The number of benzene rings is 1. The molecule has 2 rings (SSSR count). The zero-order valence-electron chi connectivity index (χ0n) is 10.6. The fraction of sp³-hybridized carbons (Fsp3) is 0.214.